The molecule has 0 aliphatic carbocycles. The van der Waals surface area contributed by atoms with E-state index in [4.69, 9.17) is 4.74 Å². The highest BCUT2D eigenvalue weighted by atomic mass is 19.2. The van der Waals surface area contributed by atoms with Gasteiger partial charge in [-0.1, -0.05) is 54.6 Å². The van der Waals surface area contributed by atoms with Crippen molar-refractivity contribution < 1.29 is 22.8 Å². The largest absolute Gasteiger partial charge is 0.796 e. The van der Waals surface area contributed by atoms with Gasteiger partial charge in [-0.05, 0) is 45.8 Å². The number of methoxy groups -OCH3 is 1. The van der Waals surface area contributed by atoms with Crippen LogP contribution in [-0.4, -0.2) is 20.4 Å². The highest BCUT2D eigenvalue weighted by Gasteiger charge is 2.21. The highest BCUT2D eigenvalue weighted by molar-refractivity contribution is 6.36. The molecule has 0 radical (unpaired) electrons. The summed E-state index contributed by atoms with van der Waals surface area (Å²) >= 11 is 0. The minimum atomic E-state index is -3.04. The van der Waals surface area contributed by atoms with Gasteiger partial charge in [-0.3, -0.25) is 4.79 Å². The van der Waals surface area contributed by atoms with E-state index >= 15 is 0 Å². The van der Waals surface area contributed by atoms with E-state index in [1.54, 1.807) is 49.6 Å². The predicted molar refractivity (Wildman–Crippen MR) is 116 cm³/mol. The Morgan fingerprint density at radius 1 is 0.800 bits per heavy atom. The zero-order valence-corrected chi connectivity index (χ0v) is 16.1. The smallest absolute Gasteiger partial charge is 0.505 e. The fourth-order valence-corrected chi connectivity index (χ4v) is 3.33. The van der Waals surface area contributed by atoms with E-state index in [-0.39, 0.29) is 5.76 Å². The van der Waals surface area contributed by atoms with Gasteiger partial charge in [0.15, 0.2) is 5.78 Å². The molecule has 0 amide bonds. The summed E-state index contributed by atoms with van der Waals surface area (Å²) in [6.07, 6.45) is 1.11. The molecule has 0 aliphatic heterocycles. The van der Waals surface area contributed by atoms with Crippen molar-refractivity contribution in [1.82, 2.24) is 0 Å². The lowest BCUT2D eigenvalue weighted by molar-refractivity contribution is 0.104. The SMILES string of the molecule is COc1ccc2cc(C(=O)/C=C(\OB(F)F)c3ccc4ccccc4c3)ccc2c1. The lowest BCUT2D eigenvalue weighted by Gasteiger charge is -2.10. The second-order valence-electron chi connectivity index (χ2n) is 6.74. The van der Waals surface area contributed by atoms with Crippen molar-refractivity contribution in [2.45, 2.75) is 0 Å². The molecule has 0 aliphatic rings. The van der Waals surface area contributed by atoms with Crippen LogP contribution in [0.25, 0.3) is 27.3 Å². The van der Waals surface area contributed by atoms with E-state index in [9.17, 15) is 13.4 Å². The minimum Gasteiger partial charge on any atom is -0.505 e. The molecule has 148 valence electrons. The summed E-state index contributed by atoms with van der Waals surface area (Å²) in [5.41, 5.74) is 0.789. The van der Waals surface area contributed by atoms with Crippen LogP contribution in [0.3, 0.4) is 0 Å². The molecule has 0 aromatic heterocycles. The van der Waals surface area contributed by atoms with E-state index in [0.717, 1.165) is 27.6 Å². The number of hydrogen-bond donors (Lipinski definition) is 0. The Labute approximate surface area is 172 Å². The van der Waals surface area contributed by atoms with E-state index < -0.39 is 13.3 Å². The van der Waals surface area contributed by atoms with Crippen LogP contribution in [0.4, 0.5) is 8.63 Å². The first-order valence-corrected chi connectivity index (χ1v) is 9.31. The van der Waals surface area contributed by atoms with Crippen LogP contribution in [0.15, 0.2) is 84.9 Å². The standard InChI is InChI=1S/C24H17BF2O3/c1-29-22-11-10-18-12-20(8-7-19(18)14-22)23(28)15-24(30-25(26)27)21-9-6-16-4-2-3-5-17(16)13-21/h2-15H,1H3/b24-15-. The number of fused-ring (bicyclic) bond motifs is 2. The summed E-state index contributed by atoms with van der Waals surface area (Å²) in [5, 5.41) is 3.59. The molecule has 30 heavy (non-hydrogen) atoms. The van der Waals surface area contributed by atoms with Gasteiger partial charge in [-0.2, -0.15) is 0 Å². The highest BCUT2D eigenvalue weighted by Crippen LogP contribution is 2.25. The third-order valence-electron chi connectivity index (χ3n) is 4.84. The van der Waals surface area contributed by atoms with Gasteiger partial charge in [-0.15, -0.1) is 0 Å². The molecular weight excluding hydrogens is 385 g/mol. The van der Waals surface area contributed by atoms with Crippen LogP contribution in [0.2, 0.25) is 0 Å². The van der Waals surface area contributed by atoms with Crippen LogP contribution in [-0.2, 0) is 4.65 Å². The number of halogens is 2. The molecular formula is C24H17BF2O3. The van der Waals surface area contributed by atoms with Gasteiger partial charge in [0, 0.05) is 17.2 Å². The number of carbonyl (C=O) groups is 1. The Balaban J connectivity index is 1.71. The Morgan fingerprint density at radius 3 is 2.17 bits per heavy atom. The number of ketones is 1. The Kier molecular flexibility index (Phi) is 5.48. The Bertz CT molecular complexity index is 1270. The van der Waals surface area contributed by atoms with Crippen LogP contribution >= 0.6 is 0 Å². The number of carbonyl (C=O) groups excluding carboxylic acids is 1. The van der Waals surface area contributed by atoms with Crippen LogP contribution in [0.1, 0.15) is 15.9 Å². The molecule has 4 rings (SSSR count). The topological polar surface area (TPSA) is 35.5 Å². The molecule has 0 atom stereocenters. The summed E-state index contributed by atoms with van der Waals surface area (Å²) in [7, 11) is -1.46. The van der Waals surface area contributed by atoms with Gasteiger partial charge in [0.05, 0.1) is 7.11 Å². The summed E-state index contributed by atoms with van der Waals surface area (Å²) in [6, 6.07) is 23.4. The van der Waals surface area contributed by atoms with Crippen molar-refractivity contribution in [1.29, 1.82) is 0 Å². The van der Waals surface area contributed by atoms with Gasteiger partial charge in [0.2, 0.25) is 0 Å². The van der Waals surface area contributed by atoms with E-state index in [2.05, 4.69) is 4.65 Å². The minimum absolute atomic E-state index is 0.171. The van der Waals surface area contributed by atoms with E-state index in [1.807, 2.05) is 36.4 Å². The molecule has 4 aromatic carbocycles. The molecule has 0 spiro atoms. The van der Waals surface area contributed by atoms with E-state index in [1.165, 1.54) is 0 Å². The first-order valence-electron chi connectivity index (χ1n) is 9.31. The van der Waals surface area contributed by atoms with Crippen LogP contribution in [0.5, 0.6) is 5.75 Å². The molecule has 4 aromatic rings. The maximum atomic E-state index is 13.0. The van der Waals surface area contributed by atoms with Crippen LogP contribution < -0.4 is 4.74 Å². The molecule has 3 nitrogen and oxygen atoms in total. The first kappa shape index (κ1) is 19.6. The fraction of sp³-hybridized carbons (Fsp3) is 0.0417. The fourth-order valence-electron chi connectivity index (χ4n) is 3.33. The van der Waals surface area contributed by atoms with Gasteiger partial charge in [0.1, 0.15) is 11.5 Å². The zero-order chi connectivity index (χ0) is 21.1. The summed E-state index contributed by atoms with van der Waals surface area (Å²) < 4.78 is 36.0. The summed E-state index contributed by atoms with van der Waals surface area (Å²) in [6.45, 7) is 0. The average Bonchev–Trinajstić information content (AvgIpc) is 2.77. The molecule has 0 N–H and O–H groups in total. The number of benzene rings is 4. The molecule has 0 bridgehead atoms. The van der Waals surface area contributed by atoms with Crippen LogP contribution in [0, 0.1) is 0 Å². The first-order chi connectivity index (χ1) is 14.5. The quantitative estimate of drug-likeness (QED) is 0.168. The third-order valence-corrected chi connectivity index (χ3v) is 4.84. The molecule has 0 saturated carbocycles. The van der Waals surface area contributed by atoms with Crippen molar-refractivity contribution in [3.05, 3.63) is 96.1 Å². The van der Waals surface area contributed by atoms with Gasteiger partial charge < -0.3 is 9.39 Å². The number of rotatable bonds is 6. The van der Waals surface area contributed by atoms with Crippen molar-refractivity contribution in [3.8, 4) is 5.75 Å². The third kappa shape index (κ3) is 4.18. The van der Waals surface area contributed by atoms with Gasteiger partial charge in [0.25, 0.3) is 0 Å². The zero-order valence-electron chi connectivity index (χ0n) is 16.1. The number of allylic oxidation sites excluding steroid dienone is 1. The molecule has 0 unspecified atom stereocenters. The Hall–Kier alpha value is -3.67. The predicted octanol–water partition coefficient (Wildman–Crippen LogP) is 6.17. The number of ether oxygens (including phenoxy) is 1. The average molecular weight is 402 g/mol. The second-order valence-corrected chi connectivity index (χ2v) is 6.74. The summed E-state index contributed by atoms with van der Waals surface area (Å²) in [5.74, 6) is 0.123. The molecule has 0 fully saturated rings. The normalized spacial score (nSPS) is 11.5. The number of hydrogen-bond acceptors (Lipinski definition) is 3. The molecule has 0 heterocycles. The monoisotopic (exact) mass is 402 g/mol. The maximum absolute atomic E-state index is 13.0. The molecule has 6 heteroatoms. The van der Waals surface area contributed by atoms with E-state index in [0.29, 0.717) is 16.9 Å². The summed E-state index contributed by atoms with van der Waals surface area (Å²) in [4.78, 5) is 12.8. The Morgan fingerprint density at radius 2 is 1.40 bits per heavy atom. The lowest BCUT2D eigenvalue weighted by Crippen LogP contribution is -2.06. The maximum Gasteiger partial charge on any atom is 0.796 e. The van der Waals surface area contributed by atoms with Crippen molar-refractivity contribution in [2.24, 2.45) is 0 Å². The lowest BCUT2D eigenvalue weighted by atomic mass is 10.0. The second kappa shape index (κ2) is 8.37. The van der Waals surface area contributed by atoms with Crippen molar-refractivity contribution in [3.63, 3.8) is 0 Å². The van der Waals surface area contributed by atoms with Gasteiger partial charge >= 0.3 is 7.47 Å². The molecule has 0 saturated heterocycles. The van der Waals surface area contributed by atoms with Crippen molar-refractivity contribution in [2.75, 3.05) is 7.11 Å². The van der Waals surface area contributed by atoms with Crippen molar-refractivity contribution >= 4 is 40.6 Å². The van der Waals surface area contributed by atoms with Gasteiger partial charge in [-0.25, -0.2) is 8.63 Å².